The lowest BCUT2D eigenvalue weighted by molar-refractivity contribution is 0.346. The van der Waals surface area contributed by atoms with Crippen LogP contribution in [0.25, 0.3) is 0 Å². The van der Waals surface area contributed by atoms with Crippen molar-refractivity contribution < 1.29 is 23.3 Å². The third-order valence-electron chi connectivity index (χ3n) is 4.06. The molecule has 144 valence electrons. The molecule has 0 aliphatic heterocycles. The number of hydrogen-bond acceptors (Lipinski definition) is 5. The molecule has 2 aromatic carbocycles. The normalized spacial score (nSPS) is 11.3. The van der Waals surface area contributed by atoms with Crippen LogP contribution in [0.1, 0.15) is 24.1 Å². The van der Waals surface area contributed by atoms with Crippen molar-refractivity contribution in [2.45, 2.75) is 19.5 Å². The van der Waals surface area contributed by atoms with Crippen molar-refractivity contribution >= 4 is 12.4 Å². The van der Waals surface area contributed by atoms with Crippen LogP contribution in [0.2, 0.25) is 0 Å². The summed E-state index contributed by atoms with van der Waals surface area (Å²) in [5, 5.41) is 3.36. The number of nitrogens with one attached hydrogen (secondary N) is 1. The van der Waals surface area contributed by atoms with Crippen molar-refractivity contribution in [1.82, 2.24) is 5.32 Å². The van der Waals surface area contributed by atoms with Crippen LogP contribution in [-0.2, 0) is 6.54 Å². The van der Waals surface area contributed by atoms with Gasteiger partial charge in [0.15, 0.2) is 23.1 Å². The van der Waals surface area contributed by atoms with Gasteiger partial charge in [-0.15, -0.1) is 12.4 Å². The summed E-state index contributed by atoms with van der Waals surface area (Å²) in [5.41, 5.74) is 1.75. The van der Waals surface area contributed by atoms with Gasteiger partial charge in [-0.1, -0.05) is 6.07 Å². The Labute approximate surface area is 159 Å². The smallest absolute Gasteiger partial charge is 0.165 e. The number of hydrogen-bond donors (Lipinski definition) is 1. The molecule has 1 unspecified atom stereocenters. The first-order chi connectivity index (χ1) is 12.0. The van der Waals surface area contributed by atoms with E-state index in [-0.39, 0.29) is 30.0 Å². The average Bonchev–Trinajstić information content (AvgIpc) is 2.65. The topological polar surface area (TPSA) is 49.0 Å². The SMILES string of the molecule is COc1ccc(C(C)NCc2cc(OC)c(OC)cc2OC)cc1F.Cl. The van der Waals surface area contributed by atoms with E-state index in [0.717, 1.165) is 11.1 Å². The summed E-state index contributed by atoms with van der Waals surface area (Å²) in [4.78, 5) is 0. The maximum atomic E-state index is 13.9. The van der Waals surface area contributed by atoms with Gasteiger partial charge in [-0.05, 0) is 30.7 Å². The molecular weight excluding hydrogens is 361 g/mol. The monoisotopic (exact) mass is 385 g/mol. The van der Waals surface area contributed by atoms with Gasteiger partial charge in [-0.25, -0.2) is 4.39 Å². The lowest BCUT2D eigenvalue weighted by Crippen LogP contribution is -2.18. The predicted molar refractivity (Wildman–Crippen MR) is 102 cm³/mol. The van der Waals surface area contributed by atoms with Crippen LogP contribution in [0.4, 0.5) is 4.39 Å². The fraction of sp³-hybridized carbons (Fsp3) is 0.368. The van der Waals surface area contributed by atoms with Crippen LogP contribution in [0.5, 0.6) is 23.0 Å². The number of methoxy groups -OCH3 is 4. The largest absolute Gasteiger partial charge is 0.496 e. The summed E-state index contributed by atoms with van der Waals surface area (Å²) in [6.07, 6.45) is 0. The number of ether oxygens (including phenoxy) is 4. The van der Waals surface area contributed by atoms with Crippen molar-refractivity contribution in [3.63, 3.8) is 0 Å². The van der Waals surface area contributed by atoms with E-state index in [4.69, 9.17) is 18.9 Å². The van der Waals surface area contributed by atoms with Gasteiger partial charge >= 0.3 is 0 Å². The zero-order chi connectivity index (χ0) is 18.4. The number of halogens is 2. The summed E-state index contributed by atoms with van der Waals surface area (Å²) in [6.45, 7) is 2.49. The van der Waals surface area contributed by atoms with Crippen LogP contribution in [0.3, 0.4) is 0 Å². The predicted octanol–water partition coefficient (Wildman–Crippen LogP) is 4.13. The molecule has 5 nitrogen and oxygen atoms in total. The molecule has 0 amide bonds. The van der Waals surface area contributed by atoms with Gasteiger partial charge in [0.25, 0.3) is 0 Å². The van der Waals surface area contributed by atoms with Crippen molar-refractivity contribution in [3.8, 4) is 23.0 Å². The second-order valence-electron chi connectivity index (χ2n) is 5.52. The molecule has 2 rings (SSSR count). The Hall–Kier alpha value is -2.18. The second-order valence-corrected chi connectivity index (χ2v) is 5.52. The van der Waals surface area contributed by atoms with Crippen molar-refractivity contribution in [2.75, 3.05) is 28.4 Å². The first kappa shape index (κ1) is 21.9. The van der Waals surface area contributed by atoms with Gasteiger partial charge in [-0.2, -0.15) is 0 Å². The Morgan fingerprint density at radius 1 is 0.846 bits per heavy atom. The van der Waals surface area contributed by atoms with Gasteiger partial charge in [0.05, 0.1) is 28.4 Å². The fourth-order valence-corrected chi connectivity index (χ4v) is 2.56. The second kappa shape index (κ2) is 10.1. The van der Waals surface area contributed by atoms with Crippen LogP contribution < -0.4 is 24.3 Å². The fourth-order valence-electron chi connectivity index (χ4n) is 2.56. The maximum absolute atomic E-state index is 13.9. The molecule has 1 N–H and O–H groups in total. The van der Waals surface area contributed by atoms with Crippen LogP contribution in [0, 0.1) is 5.82 Å². The minimum atomic E-state index is -0.377. The molecule has 26 heavy (non-hydrogen) atoms. The summed E-state index contributed by atoms with van der Waals surface area (Å²) in [6, 6.07) is 8.53. The van der Waals surface area contributed by atoms with E-state index in [0.29, 0.717) is 23.8 Å². The summed E-state index contributed by atoms with van der Waals surface area (Å²) in [5.74, 6) is 1.78. The zero-order valence-corrected chi connectivity index (χ0v) is 16.4. The molecule has 2 aromatic rings. The first-order valence-corrected chi connectivity index (χ1v) is 7.89. The van der Waals surface area contributed by atoms with Crippen LogP contribution in [0.15, 0.2) is 30.3 Å². The van der Waals surface area contributed by atoms with E-state index in [1.54, 1.807) is 33.5 Å². The first-order valence-electron chi connectivity index (χ1n) is 7.89. The summed E-state index contributed by atoms with van der Waals surface area (Å²) < 4.78 is 34.9. The van der Waals surface area contributed by atoms with E-state index in [1.165, 1.54) is 13.2 Å². The van der Waals surface area contributed by atoms with Gasteiger partial charge in [0.2, 0.25) is 0 Å². The van der Waals surface area contributed by atoms with Gasteiger partial charge in [0, 0.05) is 24.2 Å². The Morgan fingerprint density at radius 2 is 1.42 bits per heavy atom. The third kappa shape index (κ3) is 4.93. The standard InChI is InChI=1S/C19H24FNO4.ClH/c1-12(13-6-7-16(22-2)15(20)8-13)21-11-14-9-18(24-4)19(25-5)10-17(14)23-3;/h6-10,12,21H,11H2,1-5H3;1H. The molecule has 0 bridgehead atoms. The minimum absolute atomic E-state index is 0. The lowest BCUT2D eigenvalue weighted by Gasteiger charge is -2.18. The highest BCUT2D eigenvalue weighted by Crippen LogP contribution is 2.34. The molecule has 0 spiro atoms. The van der Waals surface area contributed by atoms with Crippen LogP contribution in [-0.4, -0.2) is 28.4 Å². The minimum Gasteiger partial charge on any atom is -0.496 e. The van der Waals surface area contributed by atoms with Gasteiger partial charge in [-0.3, -0.25) is 0 Å². The van der Waals surface area contributed by atoms with E-state index in [2.05, 4.69) is 5.32 Å². The third-order valence-corrected chi connectivity index (χ3v) is 4.06. The Balaban J connectivity index is 0.00000338. The van der Waals surface area contributed by atoms with Crippen molar-refractivity contribution in [1.29, 1.82) is 0 Å². The van der Waals surface area contributed by atoms with Crippen molar-refractivity contribution in [3.05, 3.63) is 47.3 Å². The molecule has 0 saturated heterocycles. The molecule has 1 atom stereocenters. The maximum Gasteiger partial charge on any atom is 0.165 e. The van der Waals surface area contributed by atoms with E-state index in [1.807, 2.05) is 19.1 Å². The zero-order valence-electron chi connectivity index (χ0n) is 15.6. The molecule has 0 fully saturated rings. The van der Waals surface area contributed by atoms with E-state index >= 15 is 0 Å². The molecule has 0 aliphatic rings. The Morgan fingerprint density at radius 3 is 1.96 bits per heavy atom. The Kier molecular flexibility index (Phi) is 8.48. The molecule has 0 radical (unpaired) electrons. The lowest BCUT2D eigenvalue weighted by atomic mass is 10.1. The molecule has 7 heteroatoms. The van der Waals surface area contributed by atoms with Gasteiger partial charge in [0.1, 0.15) is 5.75 Å². The molecule has 0 saturated carbocycles. The van der Waals surface area contributed by atoms with E-state index < -0.39 is 0 Å². The summed E-state index contributed by atoms with van der Waals surface area (Å²) >= 11 is 0. The molecule has 0 heterocycles. The van der Waals surface area contributed by atoms with Crippen molar-refractivity contribution in [2.24, 2.45) is 0 Å². The quantitative estimate of drug-likeness (QED) is 0.740. The number of rotatable bonds is 8. The van der Waals surface area contributed by atoms with Crippen LogP contribution >= 0.6 is 12.4 Å². The highest BCUT2D eigenvalue weighted by molar-refractivity contribution is 5.85. The molecular formula is C19H25ClFNO4. The average molecular weight is 386 g/mol. The highest BCUT2D eigenvalue weighted by Gasteiger charge is 2.14. The highest BCUT2D eigenvalue weighted by atomic mass is 35.5. The Bertz CT molecular complexity index is 727. The van der Waals surface area contributed by atoms with E-state index in [9.17, 15) is 4.39 Å². The number of benzene rings is 2. The summed E-state index contributed by atoms with van der Waals surface area (Å²) in [7, 11) is 6.22. The van der Waals surface area contributed by atoms with Gasteiger partial charge < -0.3 is 24.3 Å². The molecule has 0 aromatic heterocycles. The molecule has 0 aliphatic carbocycles.